The van der Waals surface area contributed by atoms with E-state index in [0.717, 1.165) is 19.3 Å². The molecule has 0 aliphatic carbocycles. The Bertz CT molecular complexity index is 1920. The Morgan fingerprint density at radius 3 is 0.977 bits per heavy atom. The molecule has 0 saturated carbocycles. The highest BCUT2D eigenvalue weighted by Crippen LogP contribution is 2.36. The van der Waals surface area contributed by atoms with E-state index >= 15 is 0 Å². The number of carbonyl (C=O) groups is 2. The Kier molecular flexibility index (Phi) is 33.9. The van der Waals surface area contributed by atoms with Gasteiger partial charge in [0.15, 0.2) is 37.7 Å². The van der Waals surface area contributed by atoms with Gasteiger partial charge in [0.1, 0.15) is 140 Å². The largest absolute Gasteiger partial charge is 0.481 e. The number of ether oxygens (including phenoxy) is 12. The van der Waals surface area contributed by atoms with E-state index in [1.807, 2.05) is 6.92 Å². The fraction of sp³-hybridized carbons (Fsp3) is 0.962. The minimum atomic E-state index is -1.86. The van der Waals surface area contributed by atoms with Crippen LogP contribution in [0.3, 0.4) is 0 Å². The molecule has 0 radical (unpaired) electrons. The number of nitrogens with two attached hydrogens (primary N) is 1. The summed E-state index contributed by atoms with van der Waals surface area (Å²) in [5, 5.41) is 193. The molecule has 6 rings (SSSR count). The predicted molar refractivity (Wildman–Crippen MR) is 286 cm³/mol. The first kappa shape index (κ1) is 77.3. The van der Waals surface area contributed by atoms with Crippen LogP contribution < -0.4 is 5.73 Å². The number of aliphatic hydroxyl groups is 18. The first-order valence-corrected chi connectivity index (χ1v) is 29.4. The van der Waals surface area contributed by atoms with E-state index < -0.39 is 217 Å². The molecule has 6 fully saturated rings. The molecule has 34 nitrogen and oxygen atoms in total. The number of unbranched alkanes of at least 4 members (excludes halogenated alkanes) is 6. The van der Waals surface area contributed by atoms with Crippen LogP contribution in [0.5, 0.6) is 0 Å². The molecule has 0 bridgehead atoms. The first-order valence-electron chi connectivity index (χ1n) is 29.4. The highest BCUT2D eigenvalue weighted by Gasteiger charge is 2.57. The van der Waals surface area contributed by atoms with E-state index in [0.29, 0.717) is 44.9 Å². The van der Waals surface area contributed by atoms with Crippen LogP contribution >= 0.6 is 0 Å². The van der Waals surface area contributed by atoms with Crippen LogP contribution in [-0.4, -0.2) is 340 Å². The number of hydrogen-bond acceptors (Lipinski definition) is 33. The lowest BCUT2D eigenvalue weighted by Crippen LogP contribution is -2.67. The SMILES string of the molecule is CC1O[C@@H](OC2[C@H](OCCCCCCC(=O)O)OC(CO)[C@H](O)[C@@H]2O[C@H]2OC(CO)[C@H](O)[C@H](O)C2O)C(O)[C@@H](O)[C@@H]1O.CCC(=O)CCCCCCO[C@@H]1OC(CO)[C@H](O)[C@H](O[C@H]2OC(CO)[C@H](O)[C@H](O)C2O)C1O[C@@H]1OC(C)[C@@H](O)[C@H](O)C1O.CN. The molecule has 34 heteroatoms. The maximum Gasteiger partial charge on any atom is 0.303 e. The van der Waals surface area contributed by atoms with Crippen LogP contribution in [0.25, 0.3) is 0 Å². The lowest BCUT2D eigenvalue weighted by atomic mass is 9.96. The van der Waals surface area contributed by atoms with Gasteiger partial charge in [-0.3, -0.25) is 9.59 Å². The van der Waals surface area contributed by atoms with Crippen molar-refractivity contribution >= 4 is 11.8 Å². The van der Waals surface area contributed by atoms with Crippen molar-refractivity contribution in [3.8, 4) is 0 Å². The molecule has 512 valence electrons. The van der Waals surface area contributed by atoms with E-state index in [4.69, 9.17) is 61.9 Å². The summed E-state index contributed by atoms with van der Waals surface area (Å²) in [5.74, 6) is -0.718. The second-order valence-corrected chi connectivity index (χ2v) is 21.9. The van der Waals surface area contributed by atoms with Gasteiger partial charge in [0.25, 0.3) is 0 Å². The third-order valence-electron chi connectivity index (χ3n) is 15.7. The van der Waals surface area contributed by atoms with Crippen molar-refractivity contribution in [2.45, 2.75) is 276 Å². The standard InChI is InChI=1S/C27H48O16.C25H44O17.CH5N/c1-3-13(30)8-6-4-5-7-9-38-27-24(43-25-21(36)19(34)16(31)12(2)39-25)23(18(33)15(11-29)41-27)42-26-22(37)20(35)17(32)14(10-28)40-26;1-10-14(30)17(33)19(35)23(38-10)42-22-21(41-24-20(36)18(34)15(31)11(8-26)39-24)16(32)12(9-27)40-25(22)37-7-5-3-2-4-6-13(28)29;1-2/h12,14-29,31-37H,3-11H2,1-2H3;10-12,14-27,30-36H,2-9H2,1H3,(H,28,29);2H2,1H3/t12?,14?,15?,16-,17+,18+,19+,20+,21?,22?,23+,24?,25+,26-,27-;10?,11?,12?,14-,15+,16+,17+,18+,19?,20?,21+,22?,23+,24-,25-;/m11./s1. The van der Waals surface area contributed by atoms with Gasteiger partial charge in [-0.25, -0.2) is 0 Å². The molecule has 6 aliphatic heterocycles. The van der Waals surface area contributed by atoms with Crippen molar-refractivity contribution in [3.05, 3.63) is 0 Å². The zero-order valence-corrected chi connectivity index (χ0v) is 49.1. The van der Waals surface area contributed by atoms with Crippen LogP contribution in [0.4, 0.5) is 0 Å². The molecule has 87 heavy (non-hydrogen) atoms. The van der Waals surface area contributed by atoms with Crippen molar-refractivity contribution in [2.75, 3.05) is 46.7 Å². The molecule has 0 spiro atoms. The van der Waals surface area contributed by atoms with Gasteiger partial charge in [-0.2, -0.15) is 0 Å². The van der Waals surface area contributed by atoms with Gasteiger partial charge in [0.2, 0.25) is 0 Å². The van der Waals surface area contributed by atoms with Crippen molar-refractivity contribution in [3.63, 3.8) is 0 Å². The monoisotopic (exact) mass is 1280 g/mol. The average Bonchev–Trinajstić information content (AvgIpc) is 2.01. The Morgan fingerprint density at radius 2 is 0.644 bits per heavy atom. The third kappa shape index (κ3) is 20.9. The molecule has 6 saturated heterocycles. The lowest BCUT2D eigenvalue weighted by molar-refractivity contribution is -0.390. The molecule has 6 aliphatic rings. The van der Waals surface area contributed by atoms with Gasteiger partial charge in [0, 0.05) is 32.5 Å². The summed E-state index contributed by atoms with van der Waals surface area (Å²) < 4.78 is 68.6. The Hall–Kier alpha value is -2.10. The molecule has 21 N–H and O–H groups in total. The molecular formula is C53H97NO33. The molecule has 12 unspecified atom stereocenters. The van der Waals surface area contributed by atoms with Crippen LogP contribution in [0, 0.1) is 0 Å². The summed E-state index contributed by atoms with van der Waals surface area (Å²) in [6, 6.07) is 0. The molecular weight excluding hydrogens is 1180 g/mol. The summed E-state index contributed by atoms with van der Waals surface area (Å²) in [4.78, 5) is 22.2. The number of Topliss-reactive ketones (excluding diaryl/α,β-unsaturated/α-hetero) is 1. The normalized spacial score (nSPS) is 43.3. The topological polar surface area (TPSA) is 555 Å². The Morgan fingerprint density at radius 1 is 0.356 bits per heavy atom. The second-order valence-electron chi connectivity index (χ2n) is 21.9. The third-order valence-corrected chi connectivity index (χ3v) is 15.7. The summed E-state index contributed by atoms with van der Waals surface area (Å²) >= 11 is 0. The van der Waals surface area contributed by atoms with Crippen LogP contribution in [0.1, 0.15) is 91.4 Å². The number of aliphatic carboxylic acids is 1. The number of carboxylic acid groups (broad SMARTS) is 1. The smallest absolute Gasteiger partial charge is 0.303 e. The predicted octanol–water partition coefficient (Wildman–Crippen LogP) is -8.50. The van der Waals surface area contributed by atoms with Crippen molar-refractivity contribution in [1.29, 1.82) is 0 Å². The molecule has 0 aromatic rings. The zero-order valence-electron chi connectivity index (χ0n) is 49.1. The van der Waals surface area contributed by atoms with E-state index in [1.165, 1.54) is 20.9 Å². The maximum atomic E-state index is 11.5. The van der Waals surface area contributed by atoms with Crippen LogP contribution in [0.15, 0.2) is 0 Å². The van der Waals surface area contributed by atoms with Gasteiger partial charge in [-0.05, 0) is 46.6 Å². The van der Waals surface area contributed by atoms with Gasteiger partial charge < -0.3 is 160 Å². The van der Waals surface area contributed by atoms with Gasteiger partial charge in [-0.1, -0.05) is 32.6 Å². The summed E-state index contributed by atoms with van der Waals surface area (Å²) in [6.07, 6.45) is -40.5. The fourth-order valence-corrected chi connectivity index (χ4v) is 10.3. The van der Waals surface area contributed by atoms with Gasteiger partial charge in [0.05, 0.1) is 38.6 Å². The summed E-state index contributed by atoms with van der Waals surface area (Å²) in [6.45, 7) is 1.92. The fourth-order valence-electron chi connectivity index (χ4n) is 10.3. The first-order chi connectivity index (χ1) is 41.3. The van der Waals surface area contributed by atoms with Crippen molar-refractivity contribution < 1.29 is 163 Å². The number of carboxylic acids is 1. The van der Waals surface area contributed by atoms with Crippen LogP contribution in [0.2, 0.25) is 0 Å². The molecule has 6 heterocycles. The summed E-state index contributed by atoms with van der Waals surface area (Å²) in [5.41, 5.74) is 4.50. The number of hydrogen-bond donors (Lipinski definition) is 20. The van der Waals surface area contributed by atoms with E-state index in [2.05, 4.69) is 5.73 Å². The number of aliphatic hydroxyl groups excluding tert-OH is 18. The maximum absolute atomic E-state index is 11.5. The Labute approximate surface area is 502 Å². The summed E-state index contributed by atoms with van der Waals surface area (Å²) in [7, 11) is 1.50. The average molecular weight is 1280 g/mol. The number of ketones is 1. The van der Waals surface area contributed by atoms with Crippen molar-refractivity contribution in [1.82, 2.24) is 0 Å². The molecule has 30 atom stereocenters. The number of rotatable bonds is 29. The number of carbonyl (C=O) groups excluding carboxylic acids is 1. The lowest BCUT2D eigenvalue weighted by Gasteiger charge is -2.48. The second kappa shape index (κ2) is 38.2. The van der Waals surface area contributed by atoms with E-state index in [9.17, 15) is 102 Å². The van der Waals surface area contributed by atoms with E-state index in [-0.39, 0.29) is 25.4 Å². The minimum absolute atomic E-state index is 0.0260. The highest BCUT2D eigenvalue weighted by atomic mass is 16.8. The van der Waals surface area contributed by atoms with Gasteiger partial charge >= 0.3 is 5.97 Å². The molecule has 0 aromatic heterocycles. The quantitative estimate of drug-likeness (QED) is 0.0309. The minimum Gasteiger partial charge on any atom is -0.481 e. The molecule has 0 aromatic carbocycles. The Balaban J connectivity index is 0.000000362. The highest BCUT2D eigenvalue weighted by molar-refractivity contribution is 5.77. The molecule has 0 amide bonds. The zero-order chi connectivity index (χ0) is 65.0. The van der Waals surface area contributed by atoms with Crippen LogP contribution in [-0.2, 0) is 66.4 Å². The van der Waals surface area contributed by atoms with Gasteiger partial charge in [-0.15, -0.1) is 0 Å². The van der Waals surface area contributed by atoms with E-state index in [1.54, 1.807) is 0 Å². The van der Waals surface area contributed by atoms with Crippen molar-refractivity contribution in [2.24, 2.45) is 5.73 Å².